The summed E-state index contributed by atoms with van der Waals surface area (Å²) >= 11 is 0. The second-order valence-corrected chi connectivity index (χ2v) is 4.47. The van der Waals surface area contributed by atoms with E-state index >= 15 is 0 Å². The summed E-state index contributed by atoms with van der Waals surface area (Å²) in [5.41, 5.74) is 3.66. The van der Waals surface area contributed by atoms with Gasteiger partial charge in [0.1, 0.15) is 5.75 Å². The summed E-state index contributed by atoms with van der Waals surface area (Å²) in [6.45, 7) is 7.22. The molecule has 1 atom stereocenters. The molecule has 82 valence electrons. The van der Waals surface area contributed by atoms with Crippen molar-refractivity contribution in [2.24, 2.45) is 0 Å². The van der Waals surface area contributed by atoms with E-state index in [0.717, 1.165) is 18.8 Å². The first kappa shape index (κ1) is 10.5. The van der Waals surface area contributed by atoms with Gasteiger partial charge in [0.05, 0.1) is 19.3 Å². The zero-order valence-corrected chi connectivity index (χ0v) is 9.89. The van der Waals surface area contributed by atoms with E-state index in [1.165, 1.54) is 16.7 Å². The highest BCUT2D eigenvalue weighted by Crippen LogP contribution is 2.40. The minimum Gasteiger partial charge on any atom is -0.496 e. The largest absolute Gasteiger partial charge is 0.496 e. The van der Waals surface area contributed by atoms with Crippen LogP contribution in [0.15, 0.2) is 12.1 Å². The number of ether oxygens (including phenoxy) is 2. The standard InChI is InChI=1S/C13H18O2/c1-9-8-12(14-4)10(2)7-11(9)13(3)5-6-15-13/h7-8H,5-6H2,1-4H3. The zero-order chi connectivity index (χ0) is 11.1. The van der Waals surface area contributed by atoms with Gasteiger partial charge in [-0.2, -0.15) is 0 Å². The van der Waals surface area contributed by atoms with Crippen LogP contribution in [0.5, 0.6) is 5.75 Å². The summed E-state index contributed by atoms with van der Waals surface area (Å²) in [4.78, 5) is 0. The van der Waals surface area contributed by atoms with Gasteiger partial charge in [0.25, 0.3) is 0 Å². The van der Waals surface area contributed by atoms with Crippen LogP contribution in [0.2, 0.25) is 0 Å². The van der Waals surface area contributed by atoms with Crippen molar-refractivity contribution in [1.82, 2.24) is 0 Å². The average Bonchev–Trinajstić information content (AvgIpc) is 2.17. The van der Waals surface area contributed by atoms with Crippen molar-refractivity contribution >= 4 is 0 Å². The van der Waals surface area contributed by atoms with Gasteiger partial charge in [-0.3, -0.25) is 0 Å². The maximum absolute atomic E-state index is 5.67. The average molecular weight is 206 g/mol. The molecule has 0 spiro atoms. The van der Waals surface area contributed by atoms with Gasteiger partial charge in [-0.15, -0.1) is 0 Å². The number of methoxy groups -OCH3 is 1. The maximum atomic E-state index is 5.67. The minimum atomic E-state index is -0.0683. The molecular formula is C13H18O2. The van der Waals surface area contributed by atoms with Gasteiger partial charge in [-0.1, -0.05) is 0 Å². The molecule has 2 heteroatoms. The molecule has 15 heavy (non-hydrogen) atoms. The Hall–Kier alpha value is -1.02. The van der Waals surface area contributed by atoms with E-state index in [2.05, 4.69) is 32.9 Å². The summed E-state index contributed by atoms with van der Waals surface area (Å²) < 4.78 is 11.0. The van der Waals surface area contributed by atoms with Crippen molar-refractivity contribution in [3.8, 4) is 5.75 Å². The lowest BCUT2D eigenvalue weighted by Gasteiger charge is -2.40. The molecule has 0 amide bonds. The van der Waals surface area contributed by atoms with Crippen LogP contribution in [0.1, 0.15) is 30.0 Å². The van der Waals surface area contributed by atoms with E-state index < -0.39 is 0 Å². The summed E-state index contributed by atoms with van der Waals surface area (Å²) in [5, 5.41) is 0. The molecule has 1 aromatic rings. The van der Waals surface area contributed by atoms with E-state index in [1.807, 2.05) is 0 Å². The first-order valence-corrected chi connectivity index (χ1v) is 5.36. The lowest BCUT2D eigenvalue weighted by molar-refractivity contribution is -0.141. The van der Waals surface area contributed by atoms with Gasteiger partial charge in [0, 0.05) is 6.42 Å². The molecule has 1 aliphatic rings. The Morgan fingerprint density at radius 3 is 2.40 bits per heavy atom. The molecule has 2 nitrogen and oxygen atoms in total. The van der Waals surface area contributed by atoms with Crippen molar-refractivity contribution in [3.05, 3.63) is 28.8 Å². The fraction of sp³-hybridized carbons (Fsp3) is 0.538. The van der Waals surface area contributed by atoms with Crippen LogP contribution in [0.3, 0.4) is 0 Å². The predicted octanol–water partition coefficient (Wildman–Crippen LogP) is 2.95. The minimum absolute atomic E-state index is 0.0683. The summed E-state index contributed by atoms with van der Waals surface area (Å²) in [5.74, 6) is 0.958. The topological polar surface area (TPSA) is 18.5 Å². The van der Waals surface area contributed by atoms with Crippen molar-refractivity contribution < 1.29 is 9.47 Å². The van der Waals surface area contributed by atoms with Crippen LogP contribution >= 0.6 is 0 Å². The Morgan fingerprint density at radius 2 is 1.93 bits per heavy atom. The molecular weight excluding hydrogens is 188 g/mol. The molecule has 0 N–H and O–H groups in total. The highest BCUT2D eigenvalue weighted by atomic mass is 16.5. The third kappa shape index (κ3) is 1.63. The summed E-state index contributed by atoms with van der Waals surface area (Å²) in [6, 6.07) is 4.28. The molecule has 0 aliphatic carbocycles. The predicted molar refractivity (Wildman–Crippen MR) is 60.4 cm³/mol. The van der Waals surface area contributed by atoms with Crippen LogP contribution < -0.4 is 4.74 Å². The lowest BCUT2D eigenvalue weighted by atomic mass is 9.84. The monoisotopic (exact) mass is 206 g/mol. The number of hydrogen-bond acceptors (Lipinski definition) is 2. The highest BCUT2D eigenvalue weighted by Gasteiger charge is 2.36. The zero-order valence-electron chi connectivity index (χ0n) is 9.89. The van der Waals surface area contributed by atoms with Gasteiger partial charge in [0.2, 0.25) is 0 Å². The molecule has 1 heterocycles. The molecule has 0 saturated carbocycles. The van der Waals surface area contributed by atoms with Crippen LogP contribution in [0.25, 0.3) is 0 Å². The highest BCUT2D eigenvalue weighted by molar-refractivity contribution is 5.44. The SMILES string of the molecule is COc1cc(C)c(C2(C)CCO2)cc1C. The first-order chi connectivity index (χ1) is 7.07. The van der Waals surface area contributed by atoms with Gasteiger partial charge in [-0.25, -0.2) is 0 Å². The van der Waals surface area contributed by atoms with E-state index in [4.69, 9.17) is 9.47 Å². The van der Waals surface area contributed by atoms with E-state index in [1.54, 1.807) is 7.11 Å². The van der Waals surface area contributed by atoms with Crippen LogP contribution in [-0.2, 0) is 10.3 Å². The summed E-state index contributed by atoms with van der Waals surface area (Å²) in [6.07, 6.45) is 1.11. The Balaban J connectivity index is 2.45. The Morgan fingerprint density at radius 1 is 1.27 bits per heavy atom. The molecule has 1 unspecified atom stereocenters. The molecule has 0 bridgehead atoms. The third-order valence-electron chi connectivity index (χ3n) is 3.31. The Labute approximate surface area is 91.2 Å². The Kier molecular flexibility index (Phi) is 2.47. The Bertz CT molecular complexity index is 378. The fourth-order valence-electron chi connectivity index (χ4n) is 2.20. The van der Waals surface area contributed by atoms with Crippen molar-refractivity contribution in [3.63, 3.8) is 0 Å². The maximum Gasteiger partial charge on any atom is 0.122 e. The molecule has 0 radical (unpaired) electrons. The van der Waals surface area contributed by atoms with Gasteiger partial charge < -0.3 is 9.47 Å². The molecule has 2 rings (SSSR count). The van der Waals surface area contributed by atoms with Gasteiger partial charge in [0.15, 0.2) is 0 Å². The van der Waals surface area contributed by atoms with Crippen LogP contribution in [0, 0.1) is 13.8 Å². The van der Waals surface area contributed by atoms with E-state index in [-0.39, 0.29) is 5.60 Å². The van der Waals surface area contributed by atoms with E-state index in [9.17, 15) is 0 Å². The first-order valence-electron chi connectivity index (χ1n) is 5.36. The smallest absolute Gasteiger partial charge is 0.122 e. The quantitative estimate of drug-likeness (QED) is 0.740. The number of aryl methyl sites for hydroxylation is 2. The second-order valence-electron chi connectivity index (χ2n) is 4.47. The molecule has 1 saturated heterocycles. The number of hydrogen-bond donors (Lipinski definition) is 0. The van der Waals surface area contributed by atoms with Crippen molar-refractivity contribution in [2.75, 3.05) is 13.7 Å². The van der Waals surface area contributed by atoms with Crippen LogP contribution in [-0.4, -0.2) is 13.7 Å². The molecule has 1 aliphatic heterocycles. The van der Waals surface area contributed by atoms with E-state index in [0.29, 0.717) is 0 Å². The molecule has 1 aromatic carbocycles. The number of benzene rings is 1. The van der Waals surface area contributed by atoms with Crippen molar-refractivity contribution in [2.45, 2.75) is 32.8 Å². The van der Waals surface area contributed by atoms with Gasteiger partial charge in [-0.05, 0) is 49.6 Å². The molecule has 0 aromatic heterocycles. The third-order valence-corrected chi connectivity index (χ3v) is 3.31. The molecule has 1 fully saturated rings. The lowest BCUT2D eigenvalue weighted by Crippen LogP contribution is -2.38. The van der Waals surface area contributed by atoms with Crippen LogP contribution in [0.4, 0.5) is 0 Å². The normalized spacial score (nSPS) is 24.8. The number of rotatable bonds is 2. The summed E-state index contributed by atoms with van der Waals surface area (Å²) in [7, 11) is 1.71. The van der Waals surface area contributed by atoms with Crippen molar-refractivity contribution in [1.29, 1.82) is 0 Å². The second kappa shape index (κ2) is 3.53. The van der Waals surface area contributed by atoms with Gasteiger partial charge >= 0.3 is 0 Å². The fourth-order valence-corrected chi connectivity index (χ4v) is 2.20.